The number of carbonyl (C=O) groups is 1. The molecule has 0 bridgehead atoms. The Hall–Kier alpha value is -2.50. The van der Waals surface area contributed by atoms with Crippen molar-refractivity contribution in [2.45, 2.75) is 26.7 Å². The second-order valence-corrected chi connectivity index (χ2v) is 5.06. The van der Waals surface area contributed by atoms with Crippen LogP contribution >= 0.6 is 0 Å². The maximum Gasteiger partial charge on any atom is 0.199 e. The standard InChI is InChI=1S/C14H12N4O2/c1-7-3-4-12(20-7)14-16-11-6-9(19)5-10(11)13-15-8(2)17-18(13)14/h3-4H,5-6H2,1-2H3. The van der Waals surface area contributed by atoms with Gasteiger partial charge in [0.15, 0.2) is 17.2 Å². The molecule has 0 unspecified atom stereocenters. The minimum absolute atomic E-state index is 0.169. The van der Waals surface area contributed by atoms with E-state index >= 15 is 0 Å². The zero-order valence-electron chi connectivity index (χ0n) is 11.2. The molecule has 0 N–H and O–H groups in total. The lowest BCUT2D eigenvalue weighted by molar-refractivity contribution is -0.117. The van der Waals surface area contributed by atoms with Crippen molar-refractivity contribution in [3.63, 3.8) is 0 Å². The summed E-state index contributed by atoms with van der Waals surface area (Å²) in [5, 5.41) is 4.37. The number of aromatic nitrogens is 4. The number of carbonyl (C=O) groups excluding carboxylic acids is 1. The smallest absolute Gasteiger partial charge is 0.199 e. The van der Waals surface area contributed by atoms with Crippen LogP contribution in [0.5, 0.6) is 0 Å². The zero-order valence-corrected chi connectivity index (χ0v) is 11.2. The Labute approximate surface area is 114 Å². The average Bonchev–Trinajstić information content (AvgIpc) is 3.05. The number of hydrogen-bond donors (Lipinski definition) is 0. The van der Waals surface area contributed by atoms with Crippen LogP contribution in [0.15, 0.2) is 16.5 Å². The molecular weight excluding hydrogens is 256 g/mol. The average molecular weight is 268 g/mol. The summed E-state index contributed by atoms with van der Waals surface area (Å²) in [6.45, 7) is 3.71. The van der Waals surface area contributed by atoms with E-state index in [1.165, 1.54) is 0 Å². The van der Waals surface area contributed by atoms with Gasteiger partial charge in [-0.05, 0) is 26.0 Å². The molecule has 0 saturated heterocycles. The van der Waals surface area contributed by atoms with Crippen molar-refractivity contribution in [2.24, 2.45) is 0 Å². The van der Waals surface area contributed by atoms with Gasteiger partial charge in [-0.25, -0.2) is 9.97 Å². The van der Waals surface area contributed by atoms with Gasteiger partial charge in [-0.2, -0.15) is 4.52 Å². The van der Waals surface area contributed by atoms with Gasteiger partial charge in [-0.3, -0.25) is 4.79 Å². The Morgan fingerprint density at radius 2 is 2.05 bits per heavy atom. The number of rotatable bonds is 1. The van der Waals surface area contributed by atoms with Crippen molar-refractivity contribution in [3.8, 4) is 11.6 Å². The van der Waals surface area contributed by atoms with E-state index in [0.717, 1.165) is 17.0 Å². The van der Waals surface area contributed by atoms with Gasteiger partial charge in [-0.1, -0.05) is 0 Å². The topological polar surface area (TPSA) is 73.3 Å². The van der Waals surface area contributed by atoms with Crippen molar-refractivity contribution in [1.82, 2.24) is 19.6 Å². The maximum absolute atomic E-state index is 11.7. The highest BCUT2D eigenvalue weighted by molar-refractivity contribution is 5.90. The van der Waals surface area contributed by atoms with E-state index in [9.17, 15) is 4.79 Å². The summed E-state index contributed by atoms with van der Waals surface area (Å²) in [5.74, 6) is 2.87. The van der Waals surface area contributed by atoms with Crippen LogP contribution in [-0.4, -0.2) is 25.4 Å². The first-order valence-corrected chi connectivity index (χ1v) is 6.45. The lowest BCUT2D eigenvalue weighted by Crippen LogP contribution is -2.02. The molecular formula is C14H12N4O2. The first-order chi connectivity index (χ1) is 9.61. The van der Waals surface area contributed by atoms with Crippen LogP contribution in [0.3, 0.4) is 0 Å². The molecule has 1 aliphatic rings. The third kappa shape index (κ3) is 1.51. The summed E-state index contributed by atoms with van der Waals surface area (Å²) in [7, 11) is 0. The zero-order chi connectivity index (χ0) is 13.9. The van der Waals surface area contributed by atoms with E-state index in [2.05, 4.69) is 15.1 Å². The summed E-state index contributed by atoms with van der Waals surface area (Å²) in [4.78, 5) is 20.7. The van der Waals surface area contributed by atoms with E-state index in [4.69, 9.17) is 4.42 Å². The molecule has 100 valence electrons. The Kier molecular flexibility index (Phi) is 2.13. The van der Waals surface area contributed by atoms with Crippen LogP contribution in [0, 0.1) is 13.8 Å². The van der Waals surface area contributed by atoms with Crippen LogP contribution in [-0.2, 0) is 17.6 Å². The van der Waals surface area contributed by atoms with Crippen LogP contribution in [0.25, 0.3) is 17.2 Å². The minimum Gasteiger partial charge on any atom is -0.458 e. The fourth-order valence-corrected chi connectivity index (χ4v) is 2.62. The SMILES string of the molecule is Cc1nc2c3c(nc(-c4ccc(C)o4)n2n1)CC(=O)C3. The fraction of sp³-hybridized carbons (Fsp3) is 0.286. The molecule has 0 aromatic carbocycles. The quantitative estimate of drug-likeness (QED) is 0.671. The van der Waals surface area contributed by atoms with E-state index in [1.807, 2.05) is 26.0 Å². The summed E-state index contributed by atoms with van der Waals surface area (Å²) < 4.78 is 7.31. The van der Waals surface area contributed by atoms with Crippen molar-refractivity contribution >= 4 is 11.4 Å². The van der Waals surface area contributed by atoms with Gasteiger partial charge in [0.25, 0.3) is 0 Å². The predicted molar refractivity (Wildman–Crippen MR) is 70.4 cm³/mol. The third-order valence-corrected chi connectivity index (χ3v) is 3.47. The van der Waals surface area contributed by atoms with Crippen molar-refractivity contribution < 1.29 is 9.21 Å². The fourth-order valence-electron chi connectivity index (χ4n) is 2.62. The molecule has 0 spiro atoms. The number of hydrogen-bond acceptors (Lipinski definition) is 5. The third-order valence-electron chi connectivity index (χ3n) is 3.47. The molecule has 6 heteroatoms. The molecule has 6 nitrogen and oxygen atoms in total. The lowest BCUT2D eigenvalue weighted by Gasteiger charge is -2.04. The van der Waals surface area contributed by atoms with Gasteiger partial charge in [0.05, 0.1) is 5.69 Å². The van der Waals surface area contributed by atoms with E-state index < -0.39 is 0 Å². The van der Waals surface area contributed by atoms with Crippen LogP contribution in [0.2, 0.25) is 0 Å². The molecule has 0 amide bonds. The Balaban J connectivity index is 2.07. The minimum atomic E-state index is 0.169. The molecule has 0 aliphatic heterocycles. The van der Waals surface area contributed by atoms with Crippen molar-refractivity contribution in [2.75, 3.05) is 0 Å². The summed E-state index contributed by atoms with van der Waals surface area (Å²) in [6.07, 6.45) is 0.756. The molecule has 0 saturated carbocycles. The molecule has 3 heterocycles. The molecule has 0 atom stereocenters. The molecule has 3 aromatic heterocycles. The second-order valence-electron chi connectivity index (χ2n) is 5.06. The first-order valence-electron chi connectivity index (χ1n) is 6.45. The highest BCUT2D eigenvalue weighted by atomic mass is 16.3. The van der Waals surface area contributed by atoms with Crippen molar-refractivity contribution in [3.05, 3.63) is 35.0 Å². The molecule has 0 fully saturated rings. The predicted octanol–water partition coefficient (Wildman–Crippen LogP) is 1.67. The highest BCUT2D eigenvalue weighted by Gasteiger charge is 2.27. The van der Waals surface area contributed by atoms with Gasteiger partial charge in [0.2, 0.25) is 0 Å². The number of Topliss-reactive ketones (excluding diaryl/α,β-unsaturated/α-hetero) is 1. The monoisotopic (exact) mass is 268 g/mol. The number of furan rings is 1. The normalized spacial score (nSPS) is 14.2. The molecule has 3 aromatic rings. The Bertz CT molecular complexity index is 860. The van der Waals surface area contributed by atoms with Gasteiger partial charge in [-0.15, -0.1) is 5.10 Å². The maximum atomic E-state index is 11.7. The van der Waals surface area contributed by atoms with E-state index in [1.54, 1.807) is 4.52 Å². The number of nitrogens with zero attached hydrogens (tertiary/aromatic N) is 4. The van der Waals surface area contributed by atoms with Crippen LogP contribution in [0.4, 0.5) is 0 Å². The first kappa shape index (κ1) is 11.3. The second kappa shape index (κ2) is 3.75. The van der Waals surface area contributed by atoms with Gasteiger partial charge in [0.1, 0.15) is 17.4 Å². The van der Waals surface area contributed by atoms with Crippen LogP contribution < -0.4 is 0 Å². The molecule has 20 heavy (non-hydrogen) atoms. The number of aryl methyl sites for hydroxylation is 2. The molecule has 4 rings (SSSR count). The Morgan fingerprint density at radius 1 is 1.20 bits per heavy atom. The molecule has 1 aliphatic carbocycles. The van der Waals surface area contributed by atoms with Crippen LogP contribution in [0.1, 0.15) is 22.8 Å². The van der Waals surface area contributed by atoms with Gasteiger partial charge in [0, 0.05) is 18.4 Å². The van der Waals surface area contributed by atoms with E-state index in [0.29, 0.717) is 35.9 Å². The molecule has 0 radical (unpaired) electrons. The highest BCUT2D eigenvalue weighted by Crippen LogP contribution is 2.27. The number of ketones is 1. The van der Waals surface area contributed by atoms with Crippen molar-refractivity contribution in [1.29, 1.82) is 0 Å². The number of fused-ring (bicyclic) bond motifs is 3. The summed E-state index contributed by atoms with van der Waals surface area (Å²) in [6, 6.07) is 3.74. The Morgan fingerprint density at radius 3 is 2.80 bits per heavy atom. The summed E-state index contributed by atoms with van der Waals surface area (Å²) >= 11 is 0. The lowest BCUT2D eigenvalue weighted by atomic mass is 10.2. The van der Waals surface area contributed by atoms with Gasteiger partial charge >= 0.3 is 0 Å². The van der Waals surface area contributed by atoms with Gasteiger partial charge < -0.3 is 4.42 Å². The summed E-state index contributed by atoms with van der Waals surface area (Å²) in [5.41, 5.74) is 2.39. The van der Waals surface area contributed by atoms with E-state index in [-0.39, 0.29) is 5.78 Å². The largest absolute Gasteiger partial charge is 0.458 e.